The molecule has 0 N–H and O–H groups in total. The van der Waals surface area contributed by atoms with Gasteiger partial charge in [-0.1, -0.05) is 68.7 Å². The minimum atomic E-state index is 0.542. The van der Waals surface area contributed by atoms with E-state index in [2.05, 4.69) is 34.6 Å². The molecule has 0 radical (unpaired) electrons. The van der Waals surface area contributed by atoms with E-state index in [0.717, 1.165) is 5.92 Å². The molecule has 0 aliphatic carbocycles. The van der Waals surface area contributed by atoms with E-state index < -0.39 is 0 Å². The first kappa shape index (κ1) is 17.9. The maximum atomic E-state index is 2.32. The molecule has 0 unspecified atom stereocenters. The molecule has 12 heavy (non-hydrogen) atoms. The van der Waals surface area contributed by atoms with E-state index in [9.17, 15) is 0 Å². The zero-order chi connectivity index (χ0) is 10.8. The minimum Gasteiger partial charge on any atom is -0.0683 e. The Hall–Kier alpha value is 0. The highest BCUT2D eigenvalue weighted by molar-refractivity contribution is 4.69. The largest absolute Gasteiger partial charge is 0.0683 e. The molecule has 0 rings (SSSR count). The summed E-state index contributed by atoms with van der Waals surface area (Å²) in [6, 6.07) is 0. The second-order valence-electron chi connectivity index (χ2n) is 3.50. The van der Waals surface area contributed by atoms with Crippen molar-refractivity contribution in [2.24, 2.45) is 11.3 Å². The SMILES string of the molecule is CC.CC.CCC(C)(C)C(C)C. The Balaban J connectivity index is -0.000000175. The van der Waals surface area contributed by atoms with Gasteiger partial charge in [-0.15, -0.1) is 0 Å². The molecule has 0 aliphatic heterocycles. The summed E-state index contributed by atoms with van der Waals surface area (Å²) in [6.07, 6.45) is 1.28. The van der Waals surface area contributed by atoms with Gasteiger partial charge < -0.3 is 0 Å². The van der Waals surface area contributed by atoms with Crippen LogP contribution in [0.25, 0.3) is 0 Å². The van der Waals surface area contributed by atoms with Gasteiger partial charge in [0.2, 0.25) is 0 Å². The van der Waals surface area contributed by atoms with Crippen LogP contribution in [0.15, 0.2) is 0 Å². The zero-order valence-electron chi connectivity index (χ0n) is 10.8. The maximum absolute atomic E-state index is 2.32. The zero-order valence-corrected chi connectivity index (χ0v) is 10.8. The predicted molar refractivity (Wildman–Crippen MR) is 61.6 cm³/mol. The lowest BCUT2D eigenvalue weighted by Gasteiger charge is -2.27. The fourth-order valence-electron chi connectivity index (χ4n) is 0.408. The lowest BCUT2D eigenvalue weighted by Crippen LogP contribution is -2.17. The quantitative estimate of drug-likeness (QED) is 0.544. The first-order valence-corrected chi connectivity index (χ1v) is 5.50. The van der Waals surface area contributed by atoms with Crippen molar-refractivity contribution in [1.82, 2.24) is 0 Å². The van der Waals surface area contributed by atoms with Gasteiger partial charge in [0.1, 0.15) is 0 Å². The van der Waals surface area contributed by atoms with E-state index in [4.69, 9.17) is 0 Å². The second kappa shape index (κ2) is 11.0. The molecule has 0 nitrogen and oxygen atoms in total. The van der Waals surface area contributed by atoms with Gasteiger partial charge in [0, 0.05) is 0 Å². The summed E-state index contributed by atoms with van der Waals surface area (Å²) >= 11 is 0. The van der Waals surface area contributed by atoms with Crippen LogP contribution in [0.2, 0.25) is 0 Å². The van der Waals surface area contributed by atoms with E-state index in [1.54, 1.807) is 0 Å². The van der Waals surface area contributed by atoms with Crippen LogP contribution in [0, 0.1) is 11.3 Å². The molecule has 0 heterocycles. The Morgan fingerprint density at radius 1 is 0.917 bits per heavy atom. The van der Waals surface area contributed by atoms with Gasteiger partial charge in [-0.25, -0.2) is 0 Å². The van der Waals surface area contributed by atoms with Crippen molar-refractivity contribution >= 4 is 0 Å². The first-order valence-electron chi connectivity index (χ1n) is 5.50. The van der Waals surface area contributed by atoms with Gasteiger partial charge in [0.25, 0.3) is 0 Å². The molecular formula is C12H30. The molecule has 78 valence electrons. The van der Waals surface area contributed by atoms with Crippen LogP contribution in [-0.4, -0.2) is 0 Å². The highest BCUT2D eigenvalue weighted by Crippen LogP contribution is 2.28. The van der Waals surface area contributed by atoms with E-state index in [1.807, 2.05) is 27.7 Å². The number of rotatable bonds is 2. The van der Waals surface area contributed by atoms with Crippen LogP contribution >= 0.6 is 0 Å². The normalized spacial score (nSPS) is 9.50. The third kappa shape index (κ3) is 10.0. The van der Waals surface area contributed by atoms with E-state index in [-0.39, 0.29) is 0 Å². The summed E-state index contributed by atoms with van der Waals surface area (Å²) in [6.45, 7) is 19.4. The van der Waals surface area contributed by atoms with Crippen molar-refractivity contribution in [3.05, 3.63) is 0 Å². The highest BCUT2D eigenvalue weighted by Gasteiger charge is 2.18. The molecular weight excluding hydrogens is 144 g/mol. The first-order chi connectivity index (χ1) is 5.50. The molecule has 0 aliphatic rings. The molecule has 0 bridgehead atoms. The molecule has 0 saturated heterocycles. The van der Waals surface area contributed by atoms with Crippen molar-refractivity contribution in [3.8, 4) is 0 Å². The Morgan fingerprint density at radius 3 is 1.17 bits per heavy atom. The average Bonchev–Trinajstić information content (AvgIpc) is 2.11. The monoisotopic (exact) mass is 174 g/mol. The van der Waals surface area contributed by atoms with Crippen LogP contribution in [0.4, 0.5) is 0 Å². The van der Waals surface area contributed by atoms with Crippen LogP contribution in [0.5, 0.6) is 0 Å². The molecule has 0 aromatic heterocycles. The summed E-state index contributed by atoms with van der Waals surface area (Å²) in [5.41, 5.74) is 0.542. The predicted octanol–water partition coefficient (Wildman–Crippen LogP) is 5.13. The van der Waals surface area contributed by atoms with Gasteiger partial charge in [-0.05, 0) is 11.3 Å². The molecule has 0 heteroatoms. The van der Waals surface area contributed by atoms with Crippen molar-refractivity contribution < 1.29 is 0 Å². The van der Waals surface area contributed by atoms with Crippen molar-refractivity contribution in [1.29, 1.82) is 0 Å². The summed E-state index contributed by atoms with van der Waals surface area (Å²) in [4.78, 5) is 0. The summed E-state index contributed by atoms with van der Waals surface area (Å²) in [5.74, 6) is 0.812. The third-order valence-corrected chi connectivity index (χ3v) is 2.47. The number of hydrogen-bond acceptors (Lipinski definition) is 0. The van der Waals surface area contributed by atoms with Gasteiger partial charge in [-0.2, -0.15) is 0 Å². The molecule has 0 fully saturated rings. The lowest BCUT2D eigenvalue weighted by atomic mass is 9.79. The standard InChI is InChI=1S/C8H18.2C2H6/c1-6-8(4,5)7(2)3;2*1-2/h7H,6H2,1-5H3;2*1-2H3. The third-order valence-electron chi connectivity index (χ3n) is 2.47. The molecule has 0 amide bonds. The van der Waals surface area contributed by atoms with Crippen molar-refractivity contribution in [3.63, 3.8) is 0 Å². The van der Waals surface area contributed by atoms with Crippen molar-refractivity contribution in [2.75, 3.05) is 0 Å². The summed E-state index contributed by atoms with van der Waals surface area (Å²) in [7, 11) is 0. The summed E-state index contributed by atoms with van der Waals surface area (Å²) in [5, 5.41) is 0. The van der Waals surface area contributed by atoms with E-state index in [1.165, 1.54) is 6.42 Å². The van der Waals surface area contributed by atoms with Gasteiger partial charge >= 0.3 is 0 Å². The van der Waals surface area contributed by atoms with E-state index in [0.29, 0.717) is 5.41 Å². The fourth-order valence-corrected chi connectivity index (χ4v) is 0.408. The fraction of sp³-hybridized carbons (Fsp3) is 1.00. The minimum absolute atomic E-state index is 0.542. The van der Waals surface area contributed by atoms with Crippen molar-refractivity contribution in [2.45, 2.75) is 68.7 Å². The van der Waals surface area contributed by atoms with Crippen LogP contribution < -0.4 is 0 Å². The topological polar surface area (TPSA) is 0 Å². The molecule has 0 saturated carbocycles. The Kier molecular flexibility index (Phi) is 16.4. The summed E-state index contributed by atoms with van der Waals surface area (Å²) < 4.78 is 0. The van der Waals surface area contributed by atoms with E-state index >= 15 is 0 Å². The molecule has 0 spiro atoms. The van der Waals surface area contributed by atoms with Gasteiger partial charge in [0.15, 0.2) is 0 Å². The maximum Gasteiger partial charge on any atom is -0.0334 e. The lowest BCUT2D eigenvalue weighted by molar-refractivity contribution is 0.240. The second-order valence-corrected chi connectivity index (χ2v) is 3.50. The van der Waals surface area contributed by atoms with Crippen LogP contribution in [0.3, 0.4) is 0 Å². The Morgan fingerprint density at radius 2 is 1.17 bits per heavy atom. The highest BCUT2D eigenvalue weighted by atomic mass is 14.2. The molecule has 0 aromatic rings. The average molecular weight is 174 g/mol. The van der Waals surface area contributed by atoms with Crippen LogP contribution in [0.1, 0.15) is 68.7 Å². The smallest absolute Gasteiger partial charge is 0.0334 e. The van der Waals surface area contributed by atoms with Crippen LogP contribution in [-0.2, 0) is 0 Å². The van der Waals surface area contributed by atoms with Gasteiger partial charge in [0.05, 0.1) is 0 Å². The van der Waals surface area contributed by atoms with Gasteiger partial charge in [-0.3, -0.25) is 0 Å². The molecule has 0 atom stereocenters. The number of hydrogen-bond donors (Lipinski definition) is 0. The Bertz CT molecular complexity index is 60.4. The Labute approximate surface area is 80.8 Å². The molecule has 0 aromatic carbocycles.